The van der Waals surface area contributed by atoms with Crippen LogP contribution in [0.3, 0.4) is 0 Å². The van der Waals surface area contributed by atoms with Gasteiger partial charge in [0, 0.05) is 13.1 Å². The maximum Gasteiger partial charge on any atom is 0.416 e. The number of halogens is 3. The summed E-state index contributed by atoms with van der Waals surface area (Å²) < 4.78 is 42.7. The number of nitrogens with one attached hydrogen (secondary N) is 1. The van der Waals surface area contributed by atoms with Gasteiger partial charge in [-0.3, -0.25) is 5.32 Å². The lowest BCUT2D eigenvalue weighted by Gasteiger charge is -2.26. The van der Waals surface area contributed by atoms with E-state index in [4.69, 9.17) is 10.2 Å². The minimum atomic E-state index is -4.57. The molecule has 0 atom stereocenters. The first kappa shape index (κ1) is 18.1. The van der Waals surface area contributed by atoms with Gasteiger partial charge in [-0.05, 0) is 18.2 Å². The van der Waals surface area contributed by atoms with E-state index in [0.29, 0.717) is 0 Å². The number of hydrogen-bond donors (Lipinski definition) is 3. The second-order valence-electron chi connectivity index (χ2n) is 4.28. The van der Waals surface area contributed by atoms with Crippen LogP contribution < -0.4 is 10.2 Å². The smallest absolute Gasteiger partial charge is 0.416 e. The van der Waals surface area contributed by atoms with Gasteiger partial charge in [-0.25, -0.2) is 4.79 Å². The van der Waals surface area contributed by atoms with Gasteiger partial charge >= 0.3 is 12.3 Å². The molecule has 0 radical (unpaired) electrons. The molecule has 6 nitrogen and oxygen atoms in total. The van der Waals surface area contributed by atoms with Crippen molar-refractivity contribution in [2.75, 3.05) is 43.6 Å². The summed E-state index contributed by atoms with van der Waals surface area (Å²) in [5, 5.41) is 20.2. The van der Waals surface area contributed by atoms with Gasteiger partial charge in [-0.2, -0.15) is 13.2 Å². The third kappa shape index (κ3) is 4.78. The van der Waals surface area contributed by atoms with Crippen LogP contribution >= 0.6 is 0 Å². The lowest BCUT2D eigenvalue weighted by Crippen LogP contribution is -2.31. The summed E-state index contributed by atoms with van der Waals surface area (Å²) in [6.07, 6.45) is -5.49. The van der Waals surface area contributed by atoms with E-state index in [1.165, 1.54) is 11.0 Å². The zero-order valence-electron chi connectivity index (χ0n) is 11.9. The highest BCUT2D eigenvalue weighted by Gasteiger charge is 2.31. The number of carbonyl (C=O) groups is 1. The molecule has 0 aliphatic heterocycles. The fourth-order valence-electron chi connectivity index (χ4n) is 1.84. The number of methoxy groups -OCH3 is 1. The number of alkyl halides is 3. The van der Waals surface area contributed by atoms with E-state index < -0.39 is 17.8 Å². The number of amides is 1. The van der Waals surface area contributed by atoms with E-state index in [-0.39, 0.29) is 37.7 Å². The first-order chi connectivity index (χ1) is 10.3. The summed E-state index contributed by atoms with van der Waals surface area (Å²) in [6.45, 7) is -0.360. The van der Waals surface area contributed by atoms with Crippen molar-refractivity contribution in [2.45, 2.75) is 6.18 Å². The fraction of sp³-hybridized carbons (Fsp3) is 0.462. The van der Waals surface area contributed by atoms with Gasteiger partial charge in [0.25, 0.3) is 0 Å². The highest BCUT2D eigenvalue weighted by molar-refractivity contribution is 5.90. The van der Waals surface area contributed by atoms with Crippen LogP contribution in [-0.2, 0) is 10.9 Å². The monoisotopic (exact) mass is 322 g/mol. The maximum absolute atomic E-state index is 12.8. The van der Waals surface area contributed by atoms with Crippen molar-refractivity contribution in [3.05, 3.63) is 23.8 Å². The van der Waals surface area contributed by atoms with Crippen LogP contribution in [0.5, 0.6) is 0 Å². The molecule has 22 heavy (non-hydrogen) atoms. The van der Waals surface area contributed by atoms with E-state index in [1.54, 1.807) is 0 Å². The molecule has 0 aliphatic rings. The zero-order valence-corrected chi connectivity index (χ0v) is 11.9. The van der Waals surface area contributed by atoms with Crippen LogP contribution in [0.1, 0.15) is 5.56 Å². The van der Waals surface area contributed by atoms with E-state index in [2.05, 4.69) is 10.1 Å². The molecule has 0 unspecified atom stereocenters. The Kier molecular flexibility index (Phi) is 6.44. The lowest BCUT2D eigenvalue weighted by molar-refractivity contribution is -0.137. The molecule has 1 aromatic rings. The molecule has 0 bridgehead atoms. The Morgan fingerprint density at radius 2 is 1.86 bits per heavy atom. The number of ether oxygens (including phenoxy) is 1. The third-order valence-electron chi connectivity index (χ3n) is 2.83. The number of carbonyl (C=O) groups excluding carboxylic acids is 1. The predicted octanol–water partition coefficient (Wildman–Crippen LogP) is 1.67. The third-order valence-corrected chi connectivity index (χ3v) is 2.83. The minimum Gasteiger partial charge on any atom is -0.453 e. The molecule has 1 amide bonds. The highest BCUT2D eigenvalue weighted by atomic mass is 19.4. The van der Waals surface area contributed by atoms with Crippen LogP contribution in [0.15, 0.2) is 18.2 Å². The van der Waals surface area contributed by atoms with Crippen molar-refractivity contribution < 1.29 is 32.9 Å². The molecule has 0 saturated carbocycles. The average molecular weight is 322 g/mol. The summed E-state index contributed by atoms with van der Waals surface area (Å²) in [4.78, 5) is 12.8. The van der Waals surface area contributed by atoms with E-state index >= 15 is 0 Å². The molecule has 0 heterocycles. The average Bonchev–Trinajstić information content (AvgIpc) is 2.46. The number of aliphatic hydroxyl groups excluding tert-OH is 2. The zero-order chi connectivity index (χ0) is 16.8. The summed E-state index contributed by atoms with van der Waals surface area (Å²) in [7, 11) is 1.09. The number of aliphatic hydroxyl groups is 2. The topological polar surface area (TPSA) is 82.0 Å². The Bertz CT molecular complexity index is 503. The van der Waals surface area contributed by atoms with Crippen molar-refractivity contribution >= 4 is 17.5 Å². The van der Waals surface area contributed by atoms with Gasteiger partial charge in [0.05, 0.1) is 37.3 Å². The largest absolute Gasteiger partial charge is 0.453 e. The first-order valence-corrected chi connectivity index (χ1v) is 6.36. The Morgan fingerprint density at radius 1 is 1.27 bits per heavy atom. The van der Waals surface area contributed by atoms with Gasteiger partial charge in [0.2, 0.25) is 0 Å². The summed E-state index contributed by atoms with van der Waals surface area (Å²) in [5.41, 5.74) is -0.819. The van der Waals surface area contributed by atoms with Crippen LogP contribution in [-0.4, -0.2) is 49.7 Å². The van der Waals surface area contributed by atoms with Gasteiger partial charge in [0.15, 0.2) is 0 Å². The molecule has 1 aromatic carbocycles. The number of hydrogen-bond acceptors (Lipinski definition) is 5. The quantitative estimate of drug-likeness (QED) is 0.742. The Hall–Kier alpha value is -2.00. The van der Waals surface area contributed by atoms with Gasteiger partial charge in [0.1, 0.15) is 0 Å². The number of nitrogens with zero attached hydrogens (tertiary/aromatic N) is 1. The molecule has 0 spiro atoms. The van der Waals surface area contributed by atoms with Crippen LogP contribution in [0.2, 0.25) is 0 Å². The van der Waals surface area contributed by atoms with Crippen molar-refractivity contribution in [2.24, 2.45) is 0 Å². The van der Waals surface area contributed by atoms with Crippen LogP contribution in [0.4, 0.5) is 29.3 Å². The normalized spacial score (nSPS) is 11.2. The SMILES string of the molecule is COC(=O)Nc1cc(C(F)(F)F)ccc1N(CCO)CCO. The van der Waals surface area contributed by atoms with Gasteiger partial charge in [-0.15, -0.1) is 0 Å². The summed E-state index contributed by atoms with van der Waals surface area (Å²) >= 11 is 0. The second-order valence-corrected chi connectivity index (χ2v) is 4.28. The van der Waals surface area contributed by atoms with E-state index in [1.807, 2.05) is 0 Å². The number of anilines is 2. The Labute approximate surface area is 125 Å². The molecule has 0 fully saturated rings. The van der Waals surface area contributed by atoms with E-state index in [0.717, 1.165) is 19.2 Å². The van der Waals surface area contributed by atoms with Gasteiger partial charge in [-0.1, -0.05) is 0 Å². The van der Waals surface area contributed by atoms with Crippen molar-refractivity contribution in [3.63, 3.8) is 0 Å². The molecular weight excluding hydrogens is 305 g/mol. The first-order valence-electron chi connectivity index (χ1n) is 6.36. The highest BCUT2D eigenvalue weighted by Crippen LogP contribution is 2.35. The molecule has 124 valence electrons. The summed E-state index contributed by atoms with van der Waals surface area (Å²) in [6, 6.07) is 2.80. The standard InChI is InChI=1S/C13H17F3N2O4/c1-22-12(21)17-10-8-9(13(14,15)16)2-3-11(10)18(4-6-19)5-7-20/h2-3,8,19-20H,4-7H2,1H3,(H,17,21). The van der Waals surface area contributed by atoms with Crippen molar-refractivity contribution in [3.8, 4) is 0 Å². The van der Waals surface area contributed by atoms with E-state index in [9.17, 15) is 18.0 Å². The maximum atomic E-state index is 12.8. The molecule has 3 N–H and O–H groups in total. The minimum absolute atomic E-state index is 0.0851. The molecule has 9 heteroatoms. The fourth-order valence-corrected chi connectivity index (χ4v) is 1.84. The molecule has 1 rings (SSSR count). The number of rotatable bonds is 6. The number of benzene rings is 1. The lowest BCUT2D eigenvalue weighted by atomic mass is 10.1. The van der Waals surface area contributed by atoms with Crippen molar-refractivity contribution in [1.29, 1.82) is 0 Å². The van der Waals surface area contributed by atoms with Crippen molar-refractivity contribution in [1.82, 2.24) is 0 Å². The molecule has 0 aromatic heterocycles. The second kappa shape index (κ2) is 7.85. The molecular formula is C13H17F3N2O4. The van der Waals surface area contributed by atoms with Gasteiger partial charge < -0.3 is 19.8 Å². The van der Waals surface area contributed by atoms with Crippen LogP contribution in [0.25, 0.3) is 0 Å². The molecule has 0 saturated heterocycles. The Balaban J connectivity index is 3.26. The van der Waals surface area contributed by atoms with Crippen LogP contribution in [0, 0.1) is 0 Å². The summed E-state index contributed by atoms with van der Waals surface area (Å²) in [5.74, 6) is 0. The molecule has 0 aliphatic carbocycles. The predicted molar refractivity (Wildman–Crippen MR) is 73.9 cm³/mol. The Morgan fingerprint density at radius 3 is 2.32 bits per heavy atom.